The number of ether oxygens (including phenoxy) is 3. The normalized spacial score (nSPS) is 11.0. The van der Waals surface area contributed by atoms with Crippen LogP contribution in [0.15, 0.2) is 42.5 Å². The van der Waals surface area contributed by atoms with Crippen LogP contribution < -0.4 is 9.47 Å². The van der Waals surface area contributed by atoms with Crippen molar-refractivity contribution in [3.63, 3.8) is 0 Å². The molecule has 0 fully saturated rings. The molecule has 0 aliphatic rings. The van der Waals surface area contributed by atoms with Crippen LogP contribution in [-0.2, 0) is 17.7 Å². The van der Waals surface area contributed by atoms with Crippen molar-refractivity contribution in [1.29, 1.82) is 0 Å². The van der Waals surface area contributed by atoms with E-state index in [9.17, 15) is 9.90 Å². The molecule has 0 saturated heterocycles. The van der Waals surface area contributed by atoms with Crippen molar-refractivity contribution in [2.75, 3.05) is 20.8 Å². The lowest BCUT2D eigenvalue weighted by molar-refractivity contribution is 0.0235. The molecule has 0 saturated carbocycles. The van der Waals surface area contributed by atoms with Crippen LogP contribution in [0, 0.1) is 0 Å². The number of amides is 1. The van der Waals surface area contributed by atoms with Gasteiger partial charge in [0.25, 0.3) is 0 Å². The van der Waals surface area contributed by atoms with Gasteiger partial charge in [0.05, 0.1) is 14.2 Å². The van der Waals surface area contributed by atoms with E-state index in [0.717, 1.165) is 11.1 Å². The van der Waals surface area contributed by atoms with Crippen LogP contribution in [0.3, 0.4) is 0 Å². The molecule has 152 valence electrons. The Balaban J connectivity index is 2.17. The summed E-state index contributed by atoms with van der Waals surface area (Å²) in [7, 11) is 3.17. The van der Waals surface area contributed by atoms with E-state index < -0.39 is 5.60 Å². The fourth-order valence-electron chi connectivity index (χ4n) is 2.69. The third-order valence-corrected chi connectivity index (χ3v) is 4.08. The Morgan fingerprint density at radius 2 is 1.57 bits per heavy atom. The van der Waals surface area contributed by atoms with E-state index in [0.29, 0.717) is 31.0 Å². The van der Waals surface area contributed by atoms with Gasteiger partial charge in [-0.3, -0.25) is 0 Å². The molecule has 6 heteroatoms. The quantitative estimate of drug-likeness (QED) is 0.763. The van der Waals surface area contributed by atoms with Crippen LogP contribution in [0.2, 0.25) is 0 Å². The van der Waals surface area contributed by atoms with Crippen molar-refractivity contribution in [1.82, 2.24) is 4.90 Å². The summed E-state index contributed by atoms with van der Waals surface area (Å²) in [4.78, 5) is 14.4. The molecule has 1 amide bonds. The Bertz CT molecular complexity index is 781. The van der Waals surface area contributed by atoms with Gasteiger partial charge in [-0.2, -0.15) is 0 Å². The number of aromatic hydroxyl groups is 1. The molecule has 0 spiro atoms. The summed E-state index contributed by atoms with van der Waals surface area (Å²) in [6.07, 6.45) is 0.272. The van der Waals surface area contributed by atoms with E-state index >= 15 is 0 Å². The molecule has 0 aromatic heterocycles. The molecule has 0 radical (unpaired) electrons. The third-order valence-electron chi connectivity index (χ3n) is 4.08. The average Bonchev–Trinajstić information content (AvgIpc) is 2.64. The van der Waals surface area contributed by atoms with Crippen LogP contribution in [-0.4, -0.2) is 42.5 Å². The van der Waals surface area contributed by atoms with Crippen molar-refractivity contribution in [2.24, 2.45) is 0 Å². The number of benzene rings is 2. The van der Waals surface area contributed by atoms with Crippen molar-refractivity contribution in [3.05, 3.63) is 53.6 Å². The van der Waals surface area contributed by atoms with Gasteiger partial charge in [-0.15, -0.1) is 0 Å². The monoisotopic (exact) mass is 387 g/mol. The molecule has 2 rings (SSSR count). The molecule has 0 unspecified atom stereocenters. The van der Waals surface area contributed by atoms with Crippen LogP contribution >= 0.6 is 0 Å². The van der Waals surface area contributed by atoms with Gasteiger partial charge in [-0.1, -0.05) is 18.2 Å². The van der Waals surface area contributed by atoms with Crippen molar-refractivity contribution < 1.29 is 24.1 Å². The second kappa shape index (κ2) is 9.35. The molecule has 28 heavy (non-hydrogen) atoms. The number of methoxy groups -OCH3 is 2. The largest absolute Gasteiger partial charge is 0.508 e. The Hall–Kier alpha value is -2.89. The number of rotatable bonds is 7. The molecule has 0 bridgehead atoms. The van der Waals surface area contributed by atoms with Crippen molar-refractivity contribution >= 4 is 6.09 Å². The predicted molar refractivity (Wildman–Crippen MR) is 108 cm³/mol. The number of carbonyl (C=O) groups is 1. The van der Waals surface area contributed by atoms with Gasteiger partial charge in [0, 0.05) is 13.1 Å². The highest BCUT2D eigenvalue weighted by molar-refractivity contribution is 5.68. The average molecular weight is 387 g/mol. The smallest absolute Gasteiger partial charge is 0.410 e. The van der Waals surface area contributed by atoms with Gasteiger partial charge < -0.3 is 24.2 Å². The number of hydrogen-bond acceptors (Lipinski definition) is 5. The van der Waals surface area contributed by atoms with Gasteiger partial charge in [-0.05, 0) is 62.6 Å². The Morgan fingerprint density at radius 3 is 2.14 bits per heavy atom. The summed E-state index contributed by atoms with van der Waals surface area (Å²) < 4.78 is 16.2. The first-order valence-electron chi connectivity index (χ1n) is 9.18. The Labute approximate surface area is 166 Å². The minimum atomic E-state index is -0.578. The number of nitrogens with zero attached hydrogens (tertiary/aromatic N) is 1. The van der Waals surface area contributed by atoms with Gasteiger partial charge in [0.1, 0.15) is 11.4 Å². The molecule has 2 aromatic carbocycles. The second-order valence-electron chi connectivity index (χ2n) is 7.51. The maximum Gasteiger partial charge on any atom is 0.410 e. The first-order valence-corrected chi connectivity index (χ1v) is 9.18. The fraction of sp³-hybridized carbons (Fsp3) is 0.409. The molecule has 2 aromatic rings. The molecule has 0 atom stereocenters. The maximum absolute atomic E-state index is 12.7. The number of phenols is 1. The molecule has 6 nitrogen and oxygen atoms in total. The summed E-state index contributed by atoms with van der Waals surface area (Å²) in [5.74, 6) is 1.47. The molecule has 0 aliphatic carbocycles. The topological polar surface area (TPSA) is 68.2 Å². The minimum absolute atomic E-state index is 0.220. The summed E-state index contributed by atoms with van der Waals surface area (Å²) in [5, 5.41) is 9.43. The van der Waals surface area contributed by atoms with E-state index in [1.54, 1.807) is 31.3 Å². The van der Waals surface area contributed by atoms with Crippen LogP contribution in [0.5, 0.6) is 17.2 Å². The highest BCUT2D eigenvalue weighted by atomic mass is 16.6. The van der Waals surface area contributed by atoms with Crippen LogP contribution in [0.4, 0.5) is 4.79 Å². The van der Waals surface area contributed by atoms with E-state index in [-0.39, 0.29) is 11.8 Å². The molecular formula is C22H29NO5. The SMILES string of the molecule is COc1ccc(CN(CCc2ccc(O)cc2)C(=O)OC(C)(C)C)cc1OC. The van der Waals surface area contributed by atoms with Gasteiger partial charge >= 0.3 is 6.09 Å². The summed E-state index contributed by atoms with van der Waals surface area (Å²) in [5.41, 5.74) is 1.36. The number of carbonyl (C=O) groups excluding carboxylic acids is 1. The lowest BCUT2D eigenvalue weighted by atomic mass is 10.1. The van der Waals surface area contributed by atoms with Crippen LogP contribution in [0.1, 0.15) is 31.9 Å². The van der Waals surface area contributed by atoms with E-state index in [1.165, 1.54) is 0 Å². The predicted octanol–water partition coefficient (Wildman–Crippen LogP) is 4.39. The van der Waals surface area contributed by atoms with E-state index in [1.807, 2.05) is 51.1 Å². The highest BCUT2D eigenvalue weighted by Crippen LogP contribution is 2.28. The standard InChI is InChI=1S/C22H29NO5/c1-22(2,3)28-21(25)23(13-12-16-6-9-18(24)10-7-16)15-17-8-11-19(26-4)20(14-17)27-5/h6-11,14,24H,12-13,15H2,1-5H3. The first kappa shape index (κ1) is 21.4. The zero-order valence-electron chi connectivity index (χ0n) is 17.2. The van der Waals surface area contributed by atoms with E-state index in [4.69, 9.17) is 14.2 Å². The Morgan fingerprint density at radius 1 is 0.964 bits per heavy atom. The third kappa shape index (κ3) is 6.37. The van der Waals surface area contributed by atoms with Gasteiger partial charge in [0.2, 0.25) is 0 Å². The molecule has 0 aliphatic heterocycles. The van der Waals surface area contributed by atoms with Gasteiger partial charge in [-0.25, -0.2) is 4.79 Å². The summed E-state index contributed by atoms with van der Waals surface area (Å²) >= 11 is 0. The van der Waals surface area contributed by atoms with Gasteiger partial charge in [0.15, 0.2) is 11.5 Å². The second-order valence-corrected chi connectivity index (χ2v) is 7.51. The lowest BCUT2D eigenvalue weighted by Crippen LogP contribution is -2.37. The molecular weight excluding hydrogens is 358 g/mol. The van der Waals surface area contributed by atoms with Crippen molar-refractivity contribution in [3.8, 4) is 17.2 Å². The zero-order valence-corrected chi connectivity index (χ0v) is 17.2. The lowest BCUT2D eigenvalue weighted by Gasteiger charge is -2.28. The first-order chi connectivity index (χ1) is 13.2. The maximum atomic E-state index is 12.7. The summed E-state index contributed by atoms with van der Waals surface area (Å²) in [6, 6.07) is 12.6. The molecule has 0 heterocycles. The van der Waals surface area contributed by atoms with Crippen molar-refractivity contribution in [2.45, 2.75) is 39.3 Å². The minimum Gasteiger partial charge on any atom is -0.508 e. The van der Waals surface area contributed by atoms with E-state index in [2.05, 4.69) is 0 Å². The van der Waals surface area contributed by atoms with Crippen LogP contribution in [0.25, 0.3) is 0 Å². The molecule has 1 N–H and O–H groups in total. The highest BCUT2D eigenvalue weighted by Gasteiger charge is 2.22. The Kier molecular flexibility index (Phi) is 7.15. The number of hydrogen-bond donors (Lipinski definition) is 1. The number of phenolic OH excluding ortho intramolecular Hbond substituents is 1. The summed E-state index contributed by atoms with van der Waals surface area (Å²) in [6.45, 7) is 6.40. The zero-order chi connectivity index (χ0) is 20.7. The fourth-order valence-corrected chi connectivity index (χ4v) is 2.69.